The van der Waals surface area contributed by atoms with E-state index in [2.05, 4.69) is 10.3 Å². The number of nitrogen functional groups attached to an aromatic ring is 1. The lowest BCUT2D eigenvalue weighted by Gasteiger charge is -2.08. The SMILES string of the molecule is Cc1nc(C(=O)NCc2cccc(N)c2C)cs1. The van der Waals surface area contributed by atoms with Gasteiger partial charge in [-0.05, 0) is 31.0 Å². The fourth-order valence-corrected chi connectivity index (χ4v) is 2.22. The number of hydrogen-bond donors (Lipinski definition) is 2. The first kappa shape index (κ1) is 12.6. The van der Waals surface area contributed by atoms with Crippen molar-refractivity contribution in [2.45, 2.75) is 20.4 Å². The van der Waals surface area contributed by atoms with E-state index in [9.17, 15) is 4.79 Å². The number of nitrogens with one attached hydrogen (secondary N) is 1. The average molecular weight is 261 g/mol. The molecule has 1 heterocycles. The number of thiazole rings is 1. The number of amides is 1. The molecule has 0 unspecified atom stereocenters. The molecule has 0 fully saturated rings. The van der Waals surface area contributed by atoms with Crippen LogP contribution in [0.5, 0.6) is 0 Å². The Morgan fingerprint density at radius 3 is 2.89 bits per heavy atom. The molecule has 94 valence electrons. The summed E-state index contributed by atoms with van der Waals surface area (Å²) in [6.07, 6.45) is 0. The minimum absolute atomic E-state index is 0.152. The molecule has 1 aromatic heterocycles. The Labute approximate surface area is 110 Å². The zero-order valence-electron chi connectivity index (χ0n) is 10.4. The Bertz CT molecular complexity index is 577. The van der Waals surface area contributed by atoms with Gasteiger partial charge in [0.05, 0.1) is 5.01 Å². The van der Waals surface area contributed by atoms with Crippen molar-refractivity contribution in [1.82, 2.24) is 10.3 Å². The molecule has 4 nitrogen and oxygen atoms in total. The third kappa shape index (κ3) is 2.68. The summed E-state index contributed by atoms with van der Waals surface area (Å²) in [5, 5.41) is 5.50. The predicted octanol–water partition coefficient (Wildman–Crippen LogP) is 2.27. The van der Waals surface area contributed by atoms with Gasteiger partial charge >= 0.3 is 0 Å². The maximum Gasteiger partial charge on any atom is 0.271 e. The van der Waals surface area contributed by atoms with Gasteiger partial charge in [0, 0.05) is 17.6 Å². The molecule has 0 radical (unpaired) electrons. The highest BCUT2D eigenvalue weighted by Gasteiger charge is 2.09. The van der Waals surface area contributed by atoms with Crippen molar-refractivity contribution < 1.29 is 4.79 Å². The highest BCUT2D eigenvalue weighted by molar-refractivity contribution is 7.09. The Morgan fingerprint density at radius 1 is 1.44 bits per heavy atom. The van der Waals surface area contributed by atoms with Crippen LogP contribution in [-0.2, 0) is 6.54 Å². The van der Waals surface area contributed by atoms with Crippen LogP contribution in [0.3, 0.4) is 0 Å². The second-order valence-electron chi connectivity index (χ2n) is 4.07. The molecule has 0 aliphatic heterocycles. The number of anilines is 1. The lowest BCUT2D eigenvalue weighted by Crippen LogP contribution is -2.23. The van der Waals surface area contributed by atoms with Gasteiger partial charge in [-0.1, -0.05) is 12.1 Å². The van der Waals surface area contributed by atoms with Crippen LogP contribution in [0.25, 0.3) is 0 Å². The van der Waals surface area contributed by atoms with Gasteiger partial charge in [0.15, 0.2) is 0 Å². The molecule has 5 heteroatoms. The highest BCUT2D eigenvalue weighted by atomic mass is 32.1. The van der Waals surface area contributed by atoms with Crippen molar-refractivity contribution in [3.63, 3.8) is 0 Å². The topological polar surface area (TPSA) is 68.0 Å². The maximum atomic E-state index is 11.8. The summed E-state index contributed by atoms with van der Waals surface area (Å²) in [4.78, 5) is 16.0. The number of nitrogens with two attached hydrogens (primary N) is 1. The summed E-state index contributed by atoms with van der Waals surface area (Å²) in [6, 6.07) is 5.69. The molecule has 3 N–H and O–H groups in total. The summed E-state index contributed by atoms with van der Waals surface area (Å²) in [5.74, 6) is -0.152. The van der Waals surface area contributed by atoms with Gasteiger partial charge in [-0.25, -0.2) is 4.98 Å². The zero-order chi connectivity index (χ0) is 13.1. The fraction of sp³-hybridized carbons (Fsp3) is 0.231. The normalized spacial score (nSPS) is 10.3. The zero-order valence-corrected chi connectivity index (χ0v) is 11.2. The van der Waals surface area contributed by atoms with E-state index in [1.807, 2.05) is 32.0 Å². The van der Waals surface area contributed by atoms with Crippen LogP contribution in [0.1, 0.15) is 26.6 Å². The van der Waals surface area contributed by atoms with Crippen LogP contribution in [0.4, 0.5) is 5.69 Å². The number of aryl methyl sites for hydroxylation is 1. The van der Waals surface area contributed by atoms with E-state index in [4.69, 9.17) is 5.73 Å². The average Bonchev–Trinajstić information content (AvgIpc) is 2.77. The first-order valence-electron chi connectivity index (χ1n) is 5.62. The number of carbonyl (C=O) groups excluding carboxylic acids is 1. The van der Waals surface area contributed by atoms with E-state index in [0.717, 1.165) is 21.8 Å². The van der Waals surface area contributed by atoms with Crippen molar-refractivity contribution in [3.05, 3.63) is 45.4 Å². The molecule has 2 aromatic rings. The van der Waals surface area contributed by atoms with Crippen molar-refractivity contribution >= 4 is 22.9 Å². The molecular formula is C13H15N3OS. The van der Waals surface area contributed by atoms with Crippen LogP contribution >= 0.6 is 11.3 Å². The maximum absolute atomic E-state index is 11.8. The van der Waals surface area contributed by atoms with Crippen LogP contribution in [0, 0.1) is 13.8 Å². The van der Waals surface area contributed by atoms with Gasteiger partial charge in [-0.2, -0.15) is 0 Å². The number of benzene rings is 1. The first-order chi connectivity index (χ1) is 8.58. The van der Waals surface area contributed by atoms with Crippen LogP contribution in [-0.4, -0.2) is 10.9 Å². The summed E-state index contributed by atoms with van der Waals surface area (Å²) in [7, 11) is 0. The van der Waals surface area contributed by atoms with Crippen molar-refractivity contribution in [2.75, 3.05) is 5.73 Å². The summed E-state index contributed by atoms with van der Waals surface area (Å²) < 4.78 is 0. The third-order valence-electron chi connectivity index (χ3n) is 2.78. The molecule has 18 heavy (non-hydrogen) atoms. The second kappa shape index (κ2) is 5.18. The molecule has 0 bridgehead atoms. The van der Waals surface area contributed by atoms with Gasteiger partial charge in [-0.3, -0.25) is 4.79 Å². The van der Waals surface area contributed by atoms with Crippen LogP contribution < -0.4 is 11.1 Å². The van der Waals surface area contributed by atoms with Crippen LogP contribution in [0.2, 0.25) is 0 Å². The molecule has 0 saturated heterocycles. The molecular weight excluding hydrogens is 246 g/mol. The van der Waals surface area contributed by atoms with E-state index < -0.39 is 0 Å². The fourth-order valence-electron chi connectivity index (χ4n) is 1.63. The minimum Gasteiger partial charge on any atom is -0.399 e. The van der Waals surface area contributed by atoms with Crippen LogP contribution in [0.15, 0.2) is 23.6 Å². The standard InChI is InChI=1S/C13H15N3OS/c1-8-10(4-3-5-11(8)14)6-15-13(17)12-7-18-9(2)16-12/h3-5,7H,6,14H2,1-2H3,(H,15,17). The number of aromatic nitrogens is 1. The molecule has 0 aliphatic rings. The van der Waals surface area contributed by atoms with Crippen molar-refractivity contribution in [2.24, 2.45) is 0 Å². The van der Waals surface area contributed by atoms with Crippen molar-refractivity contribution in [3.8, 4) is 0 Å². The van der Waals surface area contributed by atoms with Gasteiger partial charge in [-0.15, -0.1) is 11.3 Å². The second-order valence-corrected chi connectivity index (χ2v) is 5.13. The Balaban J connectivity index is 2.04. The van der Waals surface area contributed by atoms with E-state index in [0.29, 0.717) is 12.2 Å². The number of carbonyl (C=O) groups is 1. The predicted molar refractivity (Wildman–Crippen MR) is 73.6 cm³/mol. The van der Waals surface area contributed by atoms with Gasteiger partial charge in [0.2, 0.25) is 0 Å². The van der Waals surface area contributed by atoms with Gasteiger partial charge in [0.25, 0.3) is 5.91 Å². The molecule has 1 aromatic carbocycles. The van der Waals surface area contributed by atoms with E-state index in [1.54, 1.807) is 5.38 Å². The third-order valence-corrected chi connectivity index (χ3v) is 3.55. The Morgan fingerprint density at radius 2 is 2.22 bits per heavy atom. The van der Waals surface area contributed by atoms with E-state index >= 15 is 0 Å². The smallest absolute Gasteiger partial charge is 0.271 e. The Kier molecular flexibility index (Phi) is 3.62. The molecule has 1 amide bonds. The highest BCUT2D eigenvalue weighted by Crippen LogP contribution is 2.15. The lowest BCUT2D eigenvalue weighted by atomic mass is 10.1. The van der Waals surface area contributed by atoms with E-state index in [1.165, 1.54) is 11.3 Å². The summed E-state index contributed by atoms with van der Waals surface area (Å²) in [6.45, 7) is 4.29. The lowest BCUT2D eigenvalue weighted by molar-refractivity contribution is 0.0946. The largest absolute Gasteiger partial charge is 0.399 e. The number of hydrogen-bond acceptors (Lipinski definition) is 4. The Hall–Kier alpha value is -1.88. The quantitative estimate of drug-likeness (QED) is 0.833. The van der Waals surface area contributed by atoms with E-state index in [-0.39, 0.29) is 5.91 Å². The van der Waals surface area contributed by atoms with Crippen molar-refractivity contribution in [1.29, 1.82) is 0 Å². The summed E-state index contributed by atoms with van der Waals surface area (Å²) in [5.41, 5.74) is 9.06. The summed E-state index contributed by atoms with van der Waals surface area (Å²) >= 11 is 1.47. The molecule has 0 atom stereocenters. The number of rotatable bonds is 3. The monoisotopic (exact) mass is 261 g/mol. The molecule has 0 aliphatic carbocycles. The molecule has 2 rings (SSSR count). The minimum atomic E-state index is -0.152. The first-order valence-corrected chi connectivity index (χ1v) is 6.50. The van der Waals surface area contributed by atoms with Gasteiger partial charge < -0.3 is 11.1 Å². The molecule has 0 saturated carbocycles. The van der Waals surface area contributed by atoms with Gasteiger partial charge in [0.1, 0.15) is 5.69 Å². The molecule has 0 spiro atoms. The number of nitrogens with zero attached hydrogens (tertiary/aromatic N) is 1.